The van der Waals surface area contributed by atoms with Gasteiger partial charge >= 0.3 is 5.97 Å². The lowest BCUT2D eigenvalue weighted by atomic mass is 10.0. The van der Waals surface area contributed by atoms with Crippen LogP contribution in [0.25, 0.3) is 21.8 Å². The number of halogens is 1. The first-order valence-corrected chi connectivity index (χ1v) is 11.8. The SMILES string of the molecule is C[C@H](N)CN(C1CC1)S(=O)(=O)c1ccc2[nH]c(=O)c3[nH]cc(CCCC(=O)O)c3c2c1.Cl. The highest BCUT2D eigenvalue weighted by Gasteiger charge is 2.38. The number of nitrogens with one attached hydrogen (secondary N) is 2. The van der Waals surface area contributed by atoms with E-state index in [2.05, 4.69) is 9.97 Å². The van der Waals surface area contributed by atoms with Gasteiger partial charge in [-0.05, 0) is 56.4 Å². The Balaban J connectivity index is 0.00000289. The average Bonchev–Trinajstić information content (AvgIpc) is 3.44. The summed E-state index contributed by atoms with van der Waals surface area (Å²) in [5.74, 6) is -0.884. The maximum Gasteiger partial charge on any atom is 0.303 e. The first-order chi connectivity index (χ1) is 14.7. The summed E-state index contributed by atoms with van der Waals surface area (Å²) in [7, 11) is -3.75. The molecule has 1 aliphatic carbocycles. The summed E-state index contributed by atoms with van der Waals surface area (Å²) in [5, 5.41) is 10.2. The Morgan fingerprint density at radius 2 is 2.06 bits per heavy atom. The van der Waals surface area contributed by atoms with Crippen LogP contribution < -0.4 is 11.3 Å². The van der Waals surface area contributed by atoms with Gasteiger partial charge in [0.05, 0.1) is 4.90 Å². The van der Waals surface area contributed by atoms with Crippen LogP contribution >= 0.6 is 12.4 Å². The zero-order chi connectivity index (χ0) is 22.3. The van der Waals surface area contributed by atoms with Gasteiger partial charge in [0.2, 0.25) is 10.0 Å². The quantitative estimate of drug-likeness (QED) is 0.367. The molecule has 1 fully saturated rings. The molecule has 5 N–H and O–H groups in total. The number of aryl methyl sites for hydroxylation is 1. The number of hydrogen-bond donors (Lipinski definition) is 4. The maximum atomic E-state index is 13.4. The molecular weight excluding hydrogens is 456 g/mol. The second-order valence-electron chi connectivity index (χ2n) is 8.26. The molecule has 0 aliphatic heterocycles. The van der Waals surface area contributed by atoms with Crippen LogP contribution in [0.4, 0.5) is 0 Å². The van der Waals surface area contributed by atoms with E-state index < -0.39 is 16.0 Å². The van der Waals surface area contributed by atoms with Gasteiger partial charge in [0.15, 0.2) is 0 Å². The van der Waals surface area contributed by atoms with Gasteiger partial charge in [-0.2, -0.15) is 4.31 Å². The molecule has 3 aromatic rings. The molecule has 0 saturated heterocycles. The number of nitrogens with zero attached hydrogens (tertiary/aromatic N) is 1. The van der Waals surface area contributed by atoms with Crippen molar-refractivity contribution in [1.82, 2.24) is 14.3 Å². The number of nitrogens with two attached hydrogens (primary N) is 1. The smallest absolute Gasteiger partial charge is 0.303 e. The Hall–Kier alpha value is -2.40. The Bertz CT molecular complexity index is 1310. The molecule has 1 aliphatic rings. The first kappa shape index (κ1) is 24.2. The number of pyridine rings is 1. The summed E-state index contributed by atoms with van der Waals surface area (Å²) >= 11 is 0. The summed E-state index contributed by atoms with van der Waals surface area (Å²) in [6.07, 6.45) is 4.22. The zero-order valence-corrected chi connectivity index (χ0v) is 19.3. The van der Waals surface area contributed by atoms with Gasteiger partial charge in [0.1, 0.15) is 5.52 Å². The highest BCUT2D eigenvalue weighted by atomic mass is 35.5. The van der Waals surface area contributed by atoms with Crippen molar-refractivity contribution in [2.75, 3.05) is 6.54 Å². The normalized spacial score (nSPS) is 15.2. The number of rotatable bonds is 9. The van der Waals surface area contributed by atoms with Crippen LogP contribution in [0.1, 0.15) is 38.2 Å². The predicted octanol–water partition coefficient (Wildman–Crippen LogP) is 2.34. The minimum absolute atomic E-state index is 0. The highest BCUT2D eigenvalue weighted by molar-refractivity contribution is 7.89. The Labute approximate surface area is 191 Å². The number of fused-ring (bicyclic) bond motifs is 3. The third kappa shape index (κ3) is 4.68. The average molecular weight is 483 g/mol. The third-order valence-corrected chi connectivity index (χ3v) is 7.48. The molecule has 0 amide bonds. The van der Waals surface area contributed by atoms with E-state index in [9.17, 15) is 18.0 Å². The monoisotopic (exact) mass is 482 g/mol. The molecule has 0 bridgehead atoms. The molecule has 4 rings (SSSR count). The number of carbonyl (C=O) groups is 1. The minimum atomic E-state index is -3.75. The third-order valence-electron chi connectivity index (χ3n) is 5.56. The summed E-state index contributed by atoms with van der Waals surface area (Å²) in [6.45, 7) is 2.03. The molecule has 9 nitrogen and oxygen atoms in total. The largest absolute Gasteiger partial charge is 0.481 e. The summed E-state index contributed by atoms with van der Waals surface area (Å²) < 4.78 is 28.3. The number of benzene rings is 1. The molecule has 0 radical (unpaired) electrons. The number of carboxylic acid groups (broad SMARTS) is 1. The second kappa shape index (κ2) is 9.22. The van der Waals surface area contributed by atoms with Gasteiger partial charge in [-0.25, -0.2) is 8.42 Å². The number of hydrogen-bond acceptors (Lipinski definition) is 5. The van der Waals surface area contributed by atoms with E-state index in [1.54, 1.807) is 25.3 Å². The van der Waals surface area contributed by atoms with E-state index in [-0.39, 0.29) is 47.9 Å². The number of aromatic nitrogens is 2. The van der Waals surface area contributed by atoms with Crippen molar-refractivity contribution in [3.63, 3.8) is 0 Å². The van der Waals surface area contributed by atoms with Crippen molar-refractivity contribution in [3.8, 4) is 0 Å². The lowest BCUT2D eigenvalue weighted by molar-refractivity contribution is -0.137. The number of sulfonamides is 1. The van der Waals surface area contributed by atoms with Crippen molar-refractivity contribution < 1.29 is 18.3 Å². The van der Waals surface area contributed by atoms with Crippen molar-refractivity contribution in [2.45, 2.75) is 56.0 Å². The van der Waals surface area contributed by atoms with Crippen LogP contribution in [0.15, 0.2) is 34.1 Å². The number of aromatic amines is 2. The van der Waals surface area contributed by atoms with Crippen LogP contribution in [0.5, 0.6) is 0 Å². The predicted molar refractivity (Wildman–Crippen MR) is 125 cm³/mol. The lowest BCUT2D eigenvalue weighted by Gasteiger charge is -2.24. The Kier molecular flexibility index (Phi) is 6.99. The van der Waals surface area contributed by atoms with Crippen LogP contribution in [0.2, 0.25) is 0 Å². The molecule has 1 saturated carbocycles. The van der Waals surface area contributed by atoms with Crippen molar-refractivity contribution >= 4 is 50.2 Å². The number of H-pyrrole nitrogens is 2. The molecule has 32 heavy (non-hydrogen) atoms. The van der Waals surface area contributed by atoms with Crippen LogP contribution in [0.3, 0.4) is 0 Å². The highest BCUT2D eigenvalue weighted by Crippen LogP contribution is 2.34. The maximum absolute atomic E-state index is 13.4. The van der Waals surface area contributed by atoms with Crippen LogP contribution in [0, 0.1) is 0 Å². The van der Waals surface area contributed by atoms with Gasteiger partial charge in [-0.15, -0.1) is 12.4 Å². The molecule has 0 spiro atoms. The van der Waals surface area contributed by atoms with Gasteiger partial charge in [-0.1, -0.05) is 0 Å². The summed E-state index contributed by atoms with van der Waals surface area (Å²) in [4.78, 5) is 29.2. The van der Waals surface area contributed by atoms with Gasteiger partial charge < -0.3 is 20.8 Å². The summed E-state index contributed by atoms with van der Waals surface area (Å²) in [6, 6.07) is 4.39. The zero-order valence-electron chi connectivity index (χ0n) is 17.6. The number of carboxylic acids is 1. The van der Waals surface area contributed by atoms with E-state index in [0.717, 1.165) is 18.4 Å². The van der Waals surface area contributed by atoms with E-state index in [4.69, 9.17) is 10.8 Å². The molecule has 174 valence electrons. The van der Waals surface area contributed by atoms with Crippen molar-refractivity contribution in [3.05, 3.63) is 40.3 Å². The lowest BCUT2D eigenvalue weighted by Crippen LogP contribution is -2.41. The van der Waals surface area contributed by atoms with Crippen LogP contribution in [-0.2, 0) is 21.2 Å². The molecule has 1 atom stereocenters. The second-order valence-corrected chi connectivity index (χ2v) is 10.1. The van der Waals surface area contributed by atoms with Gasteiger partial charge in [0.25, 0.3) is 5.56 Å². The molecule has 2 aromatic heterocycles. The van der Waals surface area contributed by atoms with E-state index in [0.29, 0.717) is 34.6 Å². The molecule has 1 aromatic carbocycles. The standard InChI is InChI=1S/C21H26N4O5S.ClH/c1-12(22)11-25(14-5-6-14)31(29,30)15-7-8-17-16(9-15)19-13(3-2-4-18(26)27)10-23-20(19)21(28)24-17;/h7-10,12,14,23H,2-6,11,22H2,1H3,(H,24,28)(H,26,27);1H/t12-;/m0./s1. The van der Waals surface area contributed by atoms with E-state index >= 15 is 0 Å². The molecule has 2 heterocycles. The Morgan fingerprint density at radius 3 is 2.69 bits per heavy atom. The fourth-order valence-electron chi connectivity index (χ4n) is 3.99. The van der Waals surface area contributed by atoms with E-state index in [1.165, 1.54) is 10.4 Å². The molecule has 0 unspecified atom stereocenters. The first-order valence-electron chi connectivity index (χ1n) is 10.3. The Morgan fingerprint density at radius 1 is 1.34 bits per heavy atom. The molecule has 11 heteroatoms. The van der Waals surface area contributed by atoms with Crippen molar-refractivity contribution in [1.29, 1.82) is 0 Å². The molecular formula is C21H27ClN4O5S. The minimum Gasteiger partial charge on any atom is -0.481 e. The summed E-state index contributed by atoms with van der Waals surface area (Å²) in [5.41, 5.74) is 7.26. The number of aliphatic carboxylic acids is 1. The van der Waals surface area contributed by atoms with Crippen LogP contribution in [-0.4, -0.2) is 52.4 Å². The van der Waals surface area contributed by atoms with Gasteiger partial charge in [0, 0.05) is 47.5 Å². The van der Waals surface area contributed by atoms with Gasteiger partial charge in [-0.3, -0.25) is 9.59 Å². The van der Waals surface area contributed by atoms with Crippen molar-refractivity contribution in [2.24, 2.45) is 5.73 Å². The fraction of sp³-hybridized carbons (Fsp3) is 0.429. The fourth-order valence-corrected chi connectivity index (χ4v) is 5.80. The topological polar surface area (TPSA) is 149 Å². The van der Waals surface area contributed by atoms with E-state index in [1.807, 2.05) is 0 Å².